The molecule has 2 amide bonds. The highest BCUT2D eigenvalue weighted by molar-refractivity contribution is 5.85. The van der Waals surface area contributed by atoms with Gasteiger partial charge in [0.15, 0.2) is 0 Å². The van der Waals surface area contributed by atoms with Crippen LogP contribution in [0.1, 0.15) is 50.2 Å². The minimum atomic E-state index is -1.11. The maximum Gasteiger partial charge on any atom is 0.407 e. The van der Waals surface area contributed by atoms with E-state index in [2.05, 4.69) is 46.7 Å². The molecular formula is C27H30N2O5. The fourth-order valence-corrected chi connectivity index (χ4v) is 4.10. The van der Waals surface area contributed by atoms with E-state index in [1.54, 1.807) is 13.8 Å². The van der Waals surface area contributed by atoms with Crippen molar-refractivity contribution in [1.29, 1.82) is 0 Å². The minimum absolute atomic E-state index is 0.00134. The molecule has 0 fully saturated rings. The van der Waals surface area contributed by atoms with Gasteiger partial charge >= 0.3 is 12.1 Å². The summed E-state index contributed by atoms with van der Waals surface area (Å²) in [6.07, 6.45) is 0.628. The summed E-state index contributed by atoms with van der Waals surface area (Å²) in [7, 11) is 0. The molecule has 2 atom stereocenters. The molecule has 7 nitrogen and oxygen atoms in total. The number of alkyl carbamates (subject to hydrolysis) is 1. The molecule has 0 radical (unpaired) electrons. The first-order valence-corrected chi connectivity index (χ1v) is 11.4. The Morgan fingerprint density at radius 1 is 1.06 bits per heavy atom. The lowest BCUT2D eigenvalue weighted by Crippen LogP contribution is -2.43. The van der Waals surface area contributed by atoms with Gasteiger partial charge in [0, 0.05) is 24.8 Å². The summed E-state index contributed by atoms with van der Waals surface area (Å²) in [5.41, 5.74) is 4.65. The molecule has 0 saturated heterocycles. The van der Waals surface area contributed by atoms with Gasteiger partial charge in [0.05, 0.1) is 0 Å². The lowest BCUT2D eigenvalue weighted by Gasteiger charge is -2.17. The van der Waals surface area contributed by atoms with Crippen LogP contribution in [-0.4, -0.2) is 42.3 Å². The highest BCUT2D eigenvalue weighted by Gasteiger charge is 2.29. The van der Waals surface area contributed by atoms with Crippen LogP contribution in [0.3, 0.4) is 0 Å². The SMILES string of the molecule is CC#CCC(NC(=O)C(C)CCCNC(=O)OCC1c2ccccc2-c2ccccc21)C(=O)O. The molecule has 2 aromatic rings. The van der Waals surface area contributed by atoms with Crippen molar-refractivity contribution in [3.8, 4) is 23.0 Å². The second-order valence-electron chi connectivity index (χ2n) is 8.33. The quantitative estimate of drug-likeness (QED) is 0.367. The van der Waals surface area contributed by atoms with Crippen molar-refractivity contribution in [2.24, 2.45) is 5.92 Å². The molecule has 0 aliphatic heterocycles. The van der Waals surface area contributed by atoms with Gasteiger partial charge in [-0.1, -0.05) is 55.5 Å². The first-order chi connectivity index (χ1) is 16.4. The van der Waals surface area contributed by atoms with Crippen molar-refractivity contribution in [2.75, 3.05) is 13.2 Å². The van der Waals surface area contributed by atoms with E-state index in [0.717, 1.165) is 11.1 Å². The molecule has 0 aromatic heterocycles. The molecule has 3 N–H and O–H groups in total. The smallest absolute Gasteiger partial charge is 0.407 e. The Morgan fingerprint density at radius 2 is 1.68 bits per heavy atom. The normalized spacial score (nSPS) is 13.5. The van der Waals surface area contributed by atoms with E-state index in [-0.39, 0.29) is 30.8 Å². The third kappa shape index (κ3) is 6.16. The van der Waals surface area contributed by atoms with E-state index in [1.807, 2.05) is 24.3 Å². The first kappa shape index (κ1) is 24.8. The van der Waals surface area contributed by atoms with Crippen molar-refractivity contribution in [3.05, 3.63) is 59.7 Å². The van der Waals surface area contributed by atoms with Gasteiger partial charge in [-0.15, -0.1) is 11.8 Å². The lowest BCUT2D eigenvalue weighted by atomic mass is 9.98. The maximum atomic E-state index is 12.3. The highest BCUT2D eigenvalue weighted by Crippen LogP contribution is 2.44. The molecule has 0 bridgehead atoms. The number of hydrogen-bond donors (Lipinski definition) is 3. The number of ether oxygens (including phenoxy) is 1. The Hall–Kier alpha value is -3.79. The van der Waals surface area contributed by atoms with Crippen molar-refractivity contribution in [3.63, 3.8) is 0 Å². The molecule has 2 unspecified atom stereocenters. The molecule has 0 saturated carbocycles. The third-order valence-electron chi connectivity index (χ3n) is 5.97. The van der Waals surface area contributed by atoms with Crippen molar-refractivity contribution in [1.82, 2.24) is 10.6 Å². The largest absolute Gasteiger partial charge is 0.480 e. The van der Waals surface area contributed by atoms with Crippen LogP contribution in [-0.2, 0) is 14.3 Å². The number of hydrogen-bond acceptors (Lipinski definition) is 4. The van der Waals surface area contributed by atoms with E-state index in [4.69, 9.17) is 4.74 Å². The van der Waals surface area contributed by atoms with Gasteiger partial charge in [0.2, 0.25) is 5.91 Å². The van der Waals surface area contributed by atoms with Gasteiger partial charge in [-0.3, -0.25) is 4.79 Å². The molecule has 0 spiro atoms. The third-order valence-corrected chi connectivity index (χ3v) is 5.97. The van der Waals surface area contributed by atoms with E-state index in [9.17, 15) is 19.5 Å². The fourth-order valence-electron chi connectivity index (χ4n) is 4.10. The van der Waals surface area contributed by atoms with Gasteiger partial charge in [0.25, 0.3) is 0 Å². The second kappa shape index (κ2) is 11.9. The Morgan fingerprint density at radius 3 is 2.26 bits per heavy atom. The molecule has 2 aromatic carbocycles. The number of nitrogens with one attached hydrogen (secondary N) is 2. The van der Waals surface area contributed by atoms with Crippen LogP contribution in [0.25, 0.3) is 11.1 Å². The summed E-state index contributed by atoms with van der Waals surface area (Å²) in [6, 6.07) is 15.3. The van der Waals surface area contributed by atoms with E-state index in [1.165, 1.54) is 11.1 Å². The van der Waals surface area contributed by atoms with Crippen LogP contribution in [0.2, 0.25) is 0 Å². The van der Waals surface area contributed by atoms with Crippen LogP contribution in [0.5, 0.6) is 0 Å². The average molecular weight is 463 g/mol. The number of fused-ring (bicyclic) bond motifs is 3. The maximum absolute atomic E-state index is 12.3. The Balaban J connectivity index is 1.41. The Bertz CT molecular complexity index is 1060. The summed E-state index contributed by atoms with van der Waals surface area (Å²) in [5.74, 6) is 3.47. The van der Waals surface area contributed by atoms with Crippen molar-refractivity contribution in [2.45, 2.75) is 45.1 Å². The zero-order valence-electron chi connectivity index (χ0n) is 19.5. The average Bonchev–Trinajstić information content (AvgIpc) is 3.16. The van der Waals surface area contributed by atoms with E-state index >= 15 is 0 Å². The molecule has 34 heavy (non-hydrogen) atoms. The van der Waals surface area contributed by atoms with E-state index < -0.39 is 18.1 Å². The fraction of sp³-hybridized carbons (Fsp3) is 0.370. The van der Waals surface area contributed by atoms with Crippen LogP contribution in [0, 0.1) is 17.8 Å². The predicted octanol–water partition coefficient (Wildman–Crippen LogP) is 3.92. The molecule has 178 valence electrons. The number of aliphatic carboxylic acids is 1. The predicted molar refractivity (Wildman–Crippen MR) is 129 cm³/mol. The van der Waals surface area contributed by atoms with Crippen LogP contribution >= 0.6 is 0 Å². The first-order valence-electron chi connectivity index (χ1n) is 11.4. The summed E-state index contributed by atoms with van der Waals surface area (Å²) < 4.78 is 5.50. The van der Waals surface area contributed by atoms with Crippen LogP contribution < -0.4 is 10.6 Å². The zero-order valence-corrected chi connectivity index (χ0v) is 19.5. The van der Waals surface area contributed by atoms with Crippen molar-refractivity contribution >= 4 is 18.0 Å². The molecule has 1 aliphatic rings. The number of carbonyl (C=O) groups excluding carboxylic acids is 2. The Labute approximate surface area is 199 Å². The lowest BCUT2D eigenvalue weighted by molar-refractivity contribution is -0.142. The summed E-state index contributed by atoms with van der Waals surface area (Å²) in [6.45, 7) is 3.95. The topological polar surface area (TPSA) is 105 Å². The number of carbonyl (C=O) groups is 3. The van der Waals surface area contributed by atoms with Gasteiger partial charge in [-0.2, -0.15) is 0 Å². The molecule has 1 aliphatic carbocycles. The highest BCUT2D eigenvalue weighted by atomic mass is 16.5. The van der Waals surface area contributed by atoms with Crippen LogP contribution in [0.15, 0.2) is 48.5 Å². The second-order valence-corrected chi connectivity index (χ2v) is 8.33. The zero-order chi connectivity index (χ0) is 24.5. The number of amides is 2. The number of carboxylic acids is 1. The number of carboxylic acid groups (broad SMARTS) is 1. The van der Waals surface area contributed by atoms with Crippen molar-refractivity contribution < 1.29 is 24.2 Å². The van der Waals surface area contributed by atoms with Gasteiger partial charge < -0.3 is 20.5 Å². The monoisotopic (exact) mass is 462 g/mol. The molecule has 3 rings (SSSR count). The van der Waals surface area contributed by atoms with Crippen LogP contribution in [0.4, 0.5) is 4.79 Å². The molecule has 7 heteroatoms. The summed E-state index contributed by atoms with van der Waals surface area (Å²) >= 11 is 0. The van der Waals surface area contributed by atoms with Gasteiger partial charge in [-0.25, -0.2) is 9.59 Å². The molecular weight excluding hydrogens is 432 g/mol. The molecule has 0 heterocycles. The van der Waals surface area contributed by atoms with Gasteiger partial charge in [-0.05, 0) is 42.0 Å². The number of rotatable bonds is 10. The Kier molecular flexibility index (Phi) is 8.69. The minimum Gasteiger partial charge on any atom is -0.480 e. The standard InChI is InChI=1S/C27H30N2O5/c1-3-4-15-24(26(31)32)29-25(30)18(2)10-9-16-28-27(33)34-17-23-21-13-7-5-11-19(21)20-12-6-8-14-22(20)23/h5-8,11-14,18,23-24H,9-10,15-17H2,1-2H3,(H,28,33)(H,29,30)(H,31,32). The van der Waals surface area contributed by atoms with Gasteiger partial charge in [0.1, 0.15) is 12.6 Å². The summed E-state index contributed by atoms with van der Waals surface area (Å²) in [5, 5.41) is 14.4. The van der Waals surface area contributed by atoms with E-state index in [0.29, 0.717) is 19.4 Å². The summed E-state index contributed by atoms with van der Waals surface area (Å²) in [4.78, 5) is 35.7. The number of benzene rings is 2.